The van der Waals surface area contributed by atoms with Crippen molar-refractivity contribution in [2.45, 2.75) is 0 Å². The van der Waals surface area contributed by atoms with Crippen molar-refractivity contribution in [3.8, 4) is 78.9 Å². The quantitative estimate of drug-likeness (QED) is 0.153. The fourth-order valence-corrected chi connectivity index (χ4v) is 10.0. The predicted octanol–water partition coefficient (Wildman–Crippen LogP) is 16.1. The van der Waals surface area contributed by atoms with E-state index in [1.807, 2.05) is 24.3 Å². The van der Waals surface area contributed by atoms with Crippen LogP contribution in [0.25, 0.3) is 123 Å². The average Bonchev–Trinajstić information content (AvgIpc) is 3.95. The second-order valence-electron chi connectivity index (χ2n) is 17.2. The van der Waals surface area contributed by atoms with Crippen LogP contribution in [0.4, 0.5) is 0 Å². The number of benzene rings is 10. The maximum atomic E-state index is 5.41. The number of hydrogen-bond acceptors (Lipinski definition) is 3. The van der Waals surface area contributed by atoms with E-state index < -0.39 is 0 Å². The van der Waals surface area contributed by atoms with Crippen LogP contribution in [-0.4, -0.2) is 24.1 Å². The Hall–Kier alpha value is -9.19. The van der Waals surface area contributed by atoms with Crippen molar-refractivity contribution in [2.75, 3.05) is 0 Å². The van der Waals surface area contributed by atoms with E-state index >= 15 is 0 Å². The summed E-state index contributed by atoms with van der Waals surface area (Å²) in [7, 11) is 0. The van der Waals surface area contributed by atoms with Gasteiger partial charge < -0.3 is 4.57 Å². The van der Waals surface area contributed by atoms with E-state index in [9.17, 15) is 0 Å². The van der Waals surface area contributed by atoms with Gasteiger partial charge in [-0.25, -0.2) is 4.98 Å². The molecule has 0 spiro atoms. The highest BCUT2D eigenvalue weighted by atomic mass is 15.2. The van der Waals surface area contributed by atoms with Gasteiger partial charge in [-0.3, -0.25) is 4.57 Å². The molecule has 5 nitrogen and oxygen atoms in total. The molecular weight excluding hydrogens is 827 g/mol. The summed E-state index contributed by atoms with van der Waals surface area (Å²) >= 11 is 0. The van der Waals surface area contributed by atoms with Gasteiger partial charge in [0, 0.05) is 38.2 Å². The van der Waals surface area contributed by atoms with Crippen LogP contribution in [0.1, 0.15) is 0 Å². The lowest BCUT2D eigenvalue weighted by Crippen LogP contribution is -2.07. The molecule has 0 atom stereocenters. The van der Waals surface area contributed by atoms with Gasteiger partial charge in [0.25, 0.3) is 0 Å². The summed E-state index contributed by atoms with van der Waals surface area (Å²) in [4.78, 5) is 16.0. The van der Waals surface area contributed by atoms with Gasteiger partial charge in [-0.1, -0.05) is 212 Å². The summed E-state index contributed by atoms with van der Waals surface area (Å²) in [6, 6.07) is 88.3. The average molecular weight is 868 g/mol. The lowest BCUT2D eigenvalue weighted by atomic mass is 9.92. The molecular formula is C63H41N5. The van der Waals surface area contributed by atoms with Crippen LogP contribution in [0, 0.1) is 0 Å². The zero-order chi connectivity index (χ0) is 45.0. The van der Waals surface area contributed by atoms with E-state index in [4.69, 9.17) is 15.0 Å². The van der Waals surface area contributed by atoms with Crippen molar-refractivity contribution in [1.29, 1.82) is 0 Å². The van der Waals surface area contributed by atoms with Crippen molar-refractivity contribution in [2.24, 2.45) is 0 Å². The number of aromatic nitrogens is 5. The Morgan fingerprint density at radius 2 is 0.632 bits per heavy atom. The molecule has 3 heterocycles. The first-order valence-electron chi connectivity index (χ1n) is 23.0. The van der Waals surface area contributed by atoms with Crippen LogP contribution in [0.3, 0.4) is 0 Å². The van der Waals surface area contributed by atoms with Gasteiger partial charge in [0.15, 0.2) is 11.6 Å². The van der Waals surface area contributed by atoms with E-state index in [2.05, 4.69) is 234 Å². The topological polar surface area (TPSA) is 48.5 Å². The second-order valence-corrected chi connectivity index (χ2v) is 17.2. The molecule has 0 radical (unpaired) electrons. The van der Waals surface area contributed by atoms with Crippen LogP contribution in [0.15, 0.2) is 249 Å². The van der Waals surface area contributed by atoms with Gasteiger partial charge in [0.2, 0.25) is 5.95 Å². The fourth-order valence-electron chi connectivity index (χ4n) is 10.0. The summed E-state index contributed by atoms with van der Waals surface area (Å²) in [6.07, 6.45) is 0. The molecule has 0 N–H and O–H groups in total. The first kappa shape index (κ1) is 39.2. The first-order chi connectivity index (χ1) is 33.7. The highest BCUT2D eigenvalue weighted by molar-refractivity contribution is 6.24. The molecule has 10 aromatic carbocycles. The molecule has 3 aromatic heterocycles. The minimum absolute atomic E-state index is 0.549. The van der Waals surface area contributed by atoms with E-state index in [0.29, 0.717) is 17.6 Å². The van der Waals surface area contributed by atoms with E-state index in [0.717, 1.165) is 88.4 Å². The van der Waals surface area contributed by atoms with Gasteiger partial charge in [-0.15, -0.1) is 0 Å². The molecule has 0 fully saturated rings. The third-order valence-corrected chi connectivity index (χ3v) is 13.2. The van der Waals surface area contributed by atoms with Gasteiger partial charge >= 0.3 is 0 Å². The maximum absolute atomic E-state index is 5.41. The minimum Gasteiger partial charge on any atom is -0.307 e. The highest BCUT2D eigenvalue weighted by Gasteiger charge is 2.25. The molecule has 0 unspecified atom stereocenters. The number of nitrogens with zero attached hydrogens (tertiary/aromatic N) is 5. The van der Waals surface area contributed by atoms with Crippen LogP contribution in [0.2, 0.25) is 0 Å². The van der Waals surface area contributed by atoms with Crippen molar-refractivity contribution in [1.82, 2.24) is 24.1 Å². The van der Waals surface area contributed by atoms with Gasteiger partial charge in [-0.2, -0.15) is 9.97 Å². The standard InChI is InChI=1S/C63H41N5/c1-5-19-42(20-6-1)45-33-35-47(36-34-45)62-64-61(46-25-11-4-12-26-46)65-63(66-62)68-58-32-18-15-29-53(58)55-38-37-54-52-28-14-17-31-57(52)67(59(54)60(55)68)56-30-16-13-27-51(56)50-40-48(43-21-7-2-8-22-43)39-49(41-50)44-23-9-3-10-24-44/h1-41H. The Labute approximate surface area is 393 Å². The molecule has 0 bridgehead atoms. The van der Waals surface area contributed by atoms with Crippen molar-refractivity contribution < 1.29 is 0 Å². The molecule has 13 rings (SSSR count). The Kier molecular flexibility index (Phi) is 9.43. The Bertz CT molecular complexity index is 3930. The van der Waals surface area contributed by atoms with Gasteiger partial charge in [0.1, 0.15) is 0 Å². The Morgan fingerprint density at radius 3 is 1.19 bits per heavy atom. The lowest BCUT2D eigenvalue weighted by Gasteiger charge is -2.17. The number of hydrogen-bond donors (Lipinski definition) is 0. The lowest BCUT2D eigenvalue weighted by molar-refractivity contribution is 0.953. The van der Waals surface area contributed by atoms with Crippen LogP contribution >= 0.6 is 0 Å². The van der Waals surface area contributed by atoms with Crippen molar-refractivity contribution >= 4 is 43.6 Å². The van der Waals surface area contributed by atoms with E-state index in [1.165, 1.54) is 16.5 Å². The number of para-hydroxylation sites is 3. The Balaban J connectivity index is 1.10. The monoisotopic (exact) mass is 867 g/mol. The minimum atomic E-state index is 0.549. The van der Waals surface area contributed by atoms with Crippen molar-refractivity contribution in [3.05, 3.63) is 249 Å². The molecule has 0 aliphatic carbocycles. The second kappa shape index (κ2) is 16.4. The molecule has 0 aliphatic heterocycles. The maximum Gasteiger partial charge on any atom is 0.238 e. The fraction of sp³-hybridized carbons (Fsp3) is 0. The zero-order valence-electron chi connectivity index (χ0n) is 36.9. The van der Waals surface area contributed by atoms with Crippen LogP contribution in [0.5, 0.6) is 0 Å². The third kappa shape index (κ3) is 6.68. The number of rotatable bonds is 8. The smallest absolute Gasteiger partial charge is 0.238 e. The number of fused-ring (bicyclic) bond motifs is 7. The molecule has 68 heavy (non-hydrogen) atoms. The van der Waals surface area contributed by atoms with E-state index in [-0.39, 0.29) is 0 Å². The summed E-state index contributed by atoms with van der Waals surface area (Å²) in [5.41, 5.74) is 16.3. The SMILES string of the molecule is c1ccc(-c2ccc(-c3nc(-c4ccccc4)nc(-n4c5ccccc5c5ccc6c7ccccc7n(-c7ccccc7-c7cc(-c8ccccc8)cc(-c8ccccc8)c7)c6c54)n3)cc2)cc1. The van der Waals surface area contributed by atoms with E-state index in [1.54, 1.807) is 0 Å². The molecule has 0 saturated heterocycles. The normalized spacial score (nSPS) is 11.5. The third-order valence-electron chi connectivity index (χ3n) is 13.2. The summed E-state index contributed by atoms with van der Waals surface area (Å²) in [5.74, 6) is 1.76. The largest absolute Gasteiger partial charge is 0.307 e. The van der Waals surface area contributed by atoms with Crippen molar-refractivity contribution in [3.63, 3.8) is 0 Å². The molecule has 0 saturated carbocycles. The molecule has 5 heteroatoms. The predicted molar refractivity (Wildman–Crippen MR) is 281 cm³/mol. The molecule has 0 aliphatic rings. The molecule has 13 aromatic rings. The van der Waals surface area contributed by atoms with Gasteiger partial charge in [0.05, 0.1) is 27.8 Å². The summed E-state index contributed by atoms with van der Waals surface area (Å²) in [5, 5.41) is 4.54. The summed E-state index contributed by atoms with van der Waals surface area (Å²) < 4.78 is 4.74. The van der Waals surface area contributed by atoms with Crippen LogP contribution in [-0.2, 0) is 0 Å². The Morgan fingerprint density at radius 1 is 0.250 bits per heavy atom. The summed E-state index contributed by atoms with van der Waals surface area (Å²) in [6.45, 7) is 0. The molecule has 0 amide bonds. The zero-order valence-corrected chi connectivity index (χ0v) is 36.9. The molecule has 318 valence electrons. The first-order valence-corrected chi connectivity index (χ1v) is 23.0. The van der Waals surface area contributed by atoms with Crippen LogP contribution < -0.4 is 0 Å². The van der Waals surface area contributed by atoms with Gasteiger partial charge in [-0.05, 0) is 75.3 Å². The highest BCUT2D eigenvalue weighted by Crippen LogP contribution is 2.44.